The number of rotatable bonds is 2. The fraction of sp³-hybridized carbons (Fsp3) is 0.273. The van der Waals surface area contributed by atoms with E-state index >= 15 is 0 Å². The highest BCUT2D eigenvalue weighted by atomic mass is 79.9. The van der Waals surface area contributed by atoms with E-state index in [4.69, 9.17) is 4.74 Å². The van der Waals surface area contributed by atoms with Gasteiger partial charge in [-0.15, -0.1) is 11.3 Å². The molecule has 3 heteroatoms. The Morgan fingerprint density at radius 1 is 1.43 bits per heavy atom. The highest BCUT2D eigenvalue weighted by Crippen LogP contribution is 2.38. The van der Waals surface area contributed by atoms with Crippen molar-refractivity contribution in [2.75, 3.05) is 6.61 Å². The first-order valence-electron chi connectivity index (χ1n) is 4.53. The van der Waals surface area contributed by atoms with Gasteiger partial charge in [0, 0.05) is 0 Å². The number of benzene rings is 1. The lowest BCUT2D eigenvalue weighted by molar-refractivity contribution is 0.339. The van der Waals surface area contributed by atoms with Crippen molar-refractivity contribution >= 4 is 37.4 Å². The fourth-order valence-electron chi connectivity index (χ4n) is 1.44. The smallest absolute Gasteiger partial charge is 0.134 e. The molecule has 0 amide bonds. The monoisotopic (exact) mass is 270 g/mol. The zero-order valence-corrected chi connectivity index (χ0v) is 10.5. The molecule has 1 nitrogen and oxygen atoms in total. The number of thiophene rings is 1. The Morgan fingerprint density at radius 3 is 2.93 bits per heavy atom. The van der Waals surface area contributed by atoms with Crippen molar-refractivity contribution in [1.29, 1.82) is 0 Å². The van der Waals surface area contributed by atoms with Crippen molar-refractivity contribution in [1.82, 2.24) is 0 Å². The van der Waals surface area contributed by atoms with Crippen molar-refractivity contribution in [3.63, 3.8) is 0 Å². The summed E-state index contributed by atoms with van der Waals surface area (Å²) >= 11 is 5.34. The van der Waals surface area contributed by atoms with E-state index in [9.17, 15) is 0 Å². The molecular weight excluding hydrogens is 260 g/mol. The van der Waals surface area contributed by atoms with Crippen LogP contribution in [0, 0.1) is 6.92 Å². The van der Waals surface area contributed by atoms with E-state index in [-0.39, 0.29) is 0 Å². The Hall–Kier alpha value is -0.540. The number of aryl methyl sites for hydroxylation is 1. The van der Waals surface area contributed by atoms with Crippen LogP contribution in [0.1, 0.15) is 12.5 Å². The van der Waals surface area contributed by atoms with Crippen LogP contribution in [0.25, 0.3) is 10.1 Å². The van der Waals surface area contributed by atoms with E-state index < -0.39 is 0 Å². The molecule has 0 N–H and O–H groups in total. The molecule has 0 saturated heterocycles. The second kappa shape index (κ2) is 3.91. The Labute approximate surface area is 95.8 Å². The topological polar surface area (TPSA) is 9.23 Å². The van der Waals surface area contributed by atoms with E-state index in [0.29, 0.717) is 6.61 Å². The maximum absolute atomic E-state index is 5.51. The number of hydrogen-bond acceptors (Lipinski definition) is 2. The van der Waals surface area contributed by atoms with Crippen LogP contribution >= 0.6 is 27.3 Å². The van der Waals surface area contributed by atoms with Crippen LogP contribution < -0.4 is 4.74 Å². The predicted octanol–water partition coefficient (Wildman–Crippen LogP) is 4.37. The number of hydrogen-bond donors (Lipinski definition) is 0. The van der Waals surface area contributed by atoms with Crippen molar-refractivity contribution in [2.24, 2.45) is 0 Å². The molecule has 0 aliphatic heterocycles. The molecule has 0 bridgehead atoms. The van der Waals surface area contributed by atoms with Crippen molar-refractivity contribution < 1.29 is 4.74 Å². The van der Waals surface area contributed by atoms with E-state index in [0.717, 1.165) is 10.2 Å². The molecule has 0 aliphatic rings. The standard InChI is InChI=1S/C11H11BrOS/c1-3-13-9-5-4-8-7(2)6-14-11(8)10(9)12/h4-6H,3H2,1-2H3. The number of ether oxygens (including phenoxy) is 1. The molecule has 0 fully saturated rings. The summed E-state index contributed by atoms with van der Waals surface area (Å²) in [6, 6.07) is 4.15. The van der Waals surface area contributed by atoms with E-state index in [2.05, 4.69) is 34.3 Å². The summed E-state index contributed by atoms with van der Waals surface area (Å²) in [6.45, 7) is 4.83. The minimum atomic E-state index is 0.703. The van der Waals surface area contributed by atoms with Gasteiger partial charge in [-0.25, -0.2) is 0 Å². The van der Waals surface area contributed by atoms with Crippen LogP contribution in [-0.2, 0) is 0 Å². The molecule has 14 heavy (non-hydrogen) atoms. The first-order chi connectivity index (χ1) is 6.74. The number of halogens is 1. The van der Waals surface area contributed by atoms with Gasteiger partial charge < -0.3 is 4.74 Å². The summed E-state index contributed by atoms with van der Waals surface area (Å²) in [5.74, 6) is 0.932. The van der Waals surface area contributed by atoms with Gasteiger partial charge in [-0.05, 0) is 58.2 Å². The summed E-state index contributed by atoms with van der Waals surface area (Å²) in [7, 11) is 0. The summed E-state index contributed by atoms with van der Waals surface area (Å²) in [6.07, 6.45) is 0. The van der Waals surface area contributed by atoms with Gasteiger partial charge in [0.15, 0.2) is 0 Å². The molecule has 2 rings (SSSR count). The van der Waals surface area contributed by atoms with Crippen molar-refractivity contribution in [3.8, 4) is 5.75 Å². The summed E-state index contributed by atoms with van der Waals surface area (Å²) < 4.78 is 7.86. The molecule has 0 aliphatic carbocycles. The molecule has 0 spiro atoms. The molecule has 0 atom stereocenters. The molecule has 0 unspecified atom stereocenters. The molecule has 1 aromatic heterocycles. The Bertz CT molecular complexity index is 462. The maximum atomic E-state index is 5.51. The minimum Gasteiger partial charge on any atom is -0.493 e. The van der Waals surface area contributed by atoms with Crippen LogP contribution in [0.2, 0.25) is 0 Å². The van der Waals surface area contributed by atoms with E-state index in [1.54, 1.807) is 11.3 Å². The van der Waals surface area contributed by atoms with Crippen molar-refractivity contribution in [2.45, 2.75) is 13.8 Å². The third-order valence-corrected chi connectivity index (χ3v) is 4.32. The van der Waals surface area contributed by atoms with E-state index in [1.807, 2.05) is 13.0 Å². The first kappa shape index (κ1) is 9.99. The van der Waals surface area contributed by atoms with Gasteiger partial charge in [0.1, 0.15) is 5.75 Å². The van der Waals surface area contributed by atoms with Crippen LogP contribution in [0.15, 0.2) is 22.0 Å². The molecule has 1 aromatic carbocycles. The zero-order valence-electron chi connectivity index (χ0n) is 8.13. The summed E-state index contributed by atoms with van der Waals surface area (Å²) in [5.41, 5.74) is 1.33. The molecule has 2 aromatic rings. The minimum absolute atomic E-state index is 0.703. The average Bonchev–Trinajstić information content (AvgIpc) is 2.54. The molecule has 0 saturated carbocycles. The lowest BCUT2D eigenvalue weighted by Crippen LogP contribution is -1.91. The van der Waals surface area contributed by atoms with Crippen LogP contribution in [0.5, 0.6) is 5.75 Å². The summed E-state index contributed by atoms with van der Waals surface area (Å²) in [5, 5.41) is 3.48. The third-order valence-electron chi connectivity index (χ3n) is 2.14. The third kappa shape index (κ3) is 1.55. The Kier molecular flexibility index (Phi) is 2.79. The van der Waals surface area contributed by atoms with Gasteiger partial charge in [0.25, 0.3) is 0 Å². The zero-order chi connectivity index (χ0) is 10.1. The molecule has 74 valence electrons. The van der Waals surface area contributed by atoms with Crippen LogP contribution in [-0.4, -0.2) is 6.61 Å². The van der Waals surface area contributed by atoms with Gasteiger partial charge in [0.05, 0.1) is 15.8 Å². The predicted molar refractivity (Wildman–Crippen MR) is 65.4 cm³/mol. The normalized spacial score (nSPS) is 10.8. The largest absolute Gasteiger partial charge is 0.493 e. The summed E-state index contributed by atoms with van der Waals surface area (Å²) in [4.78, 5) is 0. The van der Waals surface area contributed by atoms with Gasteiger partial charge in [-0.1, -0.05) is 0 Å². The van der Waals surface area contributed by atoms with Gasteiger partial charge in [-0.2, -0.15) is 0 Å². The molecular formula is C11H11BrOS. The second-order valence-electron chi connectivity index (χ2n) is 3.11. The number of fused-ring (bicyclic) bond motifs is 1. The highest BCUT2D eigenvalue weighted by Gasteiger charge is 2.08. The SMILES string of the molecule is CCOc1ccc2c(C)csc2c1Br. The van der Waals surface area contributed by atoms with Crippen molar-refractivity contribution in [3.05, 3.63) is 27.5 Å². The fourth-order valence-corrected chi connectivity index (χ4v) is 3.16. The van der Waals surface area contributed by atoms with Crippen LogP contribution in [0.3, 0.4) is 0 Å². The Balaban J connectivity index is 2.63. The average molecular weight is 271 g/mol. The lowest BCUT2D eigenvalue weighted by Gasteiger charge is -2.06. The maximum Gasteiger partial charge on any atom is 0.134 e. The van der Waals surface area contributed by atoms with E-state index in [1.165, 1.54) is 15.6 Å². The van der Waals surface area contributed by atoms with Gasteiger partial charge in [-0.3, -0.25) is 0 Å². The first-order valence-corrected chi connectivity index (χ1v) is 6.20. The molecule has 1 heterocycles. The lowest BCUT2D eigenvalue weighted by atomic mass is 10.2. The second-order valence-corrected chi connectivity index (χ2v) is 4.78. The molecule has 0 radical (unpaired) electrons. The van der Waals surface area contributed by atoms with Crippen LogP contribution in [0.4, 0.5) is 0 Å². The highest BCUT2D eigenvalue weighted by molar-refractivity contribution is 9.10. The quantitative estimate of drug-likeness (QED) is 0.788. The van der Waals surface area contributed by atoms with Gasteiger partial charge in [0.2, 0.25) is 0 Å². The van der Waals surface area contributed by atoms with Gasteiger partial charge >= 0.3 is 0 Å². The Morgan fingerprint density at radius 2 is 2.21 bits per heavy atom.